The first-order valence-electron chi connectivity index (χ1n) is 3.47. The predicted octanol–water partition coefficient (Wildman–Crippen LogP) is 0.678. The van der Waals surface area contributed by atoms with Crippen LogP contribution >= 0.6 is 0 Å². The van der Waals surface area contributed by atoms with Crippen LogP contribution in [0.3, 0.4) is 0 Å². The quantitative estimate of drug-likeness (QED) is 0.579. The summed E-state index contributed by atoms with van der Waals surface area (Å²) in [6.45, 7) is 0. The van der Waals surface area contributed by atoms with Crippen LogP contribution in [0, 0.1) is 0 Å². The fourth-order valence-electron chi connectivity index (χ4n) is 0.582. The summed E-state index contributed by atoms with van der Waals surface area (Å²) in [5.41, 5.74) is 0. The second-order valence-electron chi connectivity index (χ2n) is 2.03. The Morgan fingerprint density at radius 3 is 1.83 bits per heavy atom. The van der Waals surface area contributed by atoms with Crippen molar-refractivity contribution in [3.63, 3.8) is 0 Å². The zero-order valence-electron chi connectivity index (χ0n) is 6.54. The molecule has 0 fully saturated rings. The third-order valence-electron chi connectivity index (χ3n) is 1.09. The van der Waals surface area contributed by atoms with E-state index in [2.05, 4.69) is 9.97 Å². The average molecular weight is 162 g/mol. The Morgan fingerprint density at radius 1 is 0.917 bits per heavy atom. The highest BCUT2D eigenvalue weighted by atomic mass is 15.3. The Bertz CT molecular complexity index is 250. The third-order valence-corrected chi connectivity index (χ3v) is 1.09. The topological polar surface area (TPSA) is 56.7 Å². The van der Waals surface area contributed by atoms with Gasteiger partial charge in [0.05, 0.1) is 0 Å². The lowest BCUT2D eigenvalue weighted by Crippen LogP contribution is -2.02. The summed E-state index contributed by atoms with van der Waals surface area (Å²) < 4.78 is 1.39. The van der Waals surface area contributed by atoms with Crippen molar-refractivity contribution in [1.82, 2.24) is 14.6 Å². The fraction of sp³-hybridized carbons (Fsp3) is 0. The van der Waals surface area contributed by atoms with Gasteiger partial charge in [-0.15, -0.1) is 0 Å². The summed E-state index contributed by atoms with van der Waals surface area (Å²) in [5.74, 6) is 5.13. The van der Waals surface area contributed by atoms with Crippen molar-refractivity contribution in [1.29, 1.82) is 0 Å². The average Bonchev–Trinajstić information content (AvgIpc) is 2.60. The van der Waals surface area contributed by atoms with E-state index in [1.807, 2.05) is 18.2 Å². The van der Waals surface area contributed by atoms with Crippen molar-refractivity contribution < 1.29 is 0 Å². The van der Waals surface area contributed by atoms with Gasteiger partial charge in [0.25, 0.3) is 0 Å². The number of nitrogens with two attached hydrogens (primary N) is 1. The molecule has 0 spiro atoms. The maximum Gasteiger partial charge on any atom is 0.114 e. The van der Waals surface area contributed by atoms with Gasteiger partial charge in [-0.25, -0.2) is 4.98 Å². The Hall–Kier alpha value is -1.84. The molecule has 2 aromatic heterocycles. The number of hydrogen-bond donors (Lipinski definition) is 1. The van der Waals surface area contributed by atoms with Crippen molar-refractivity contribution in [2.75, 3.05) is 5.84 Å². The summed E-state index contributed by atoms with van der Waals surface area (Å²) in [6, 6.07) is 5.72. The summed E-state index contributed by atoms with van der Waals surface area (Å²) in [4.78, 5) is 7.44. The molecule has 0 saturated carbocycles. The summed E-state index contributed by atoms with van der Waals surface area (Å²) >= 11 is 0. The van der Waals surface area contributed by atoms with Gasteiger partial charge in [0.2, 0.25) is 0 Å². The number of nitrogen functional groups attached to an aromatic ring is 1. The normalized spacial score (nSPS) is 8.33. The summed E-state index contributed by atoms with van der Waals surface area (Å²) in [5, 5.41) is 0. The molecule has 2 N–H and O–H groups in total. The van der Waals surface area contributed by atoms with Crippen LogP contribution in [0.15, 0.2) is 49.3 Å². The van der Waals surface area contributed by atoms with E-state index >= 15 is 0 Å². The molecular formula is C8H10N4. The van der Waals surface area contributed by atoms with Gasteiger partial charge in [-0.3, -0.25) is 9.66 Å². The molecule has 0 amide bonds. The monoisotopic (exact) mass is 162 g/mol. The number of hydrogen-bond acceptors (Lipinski definition) is 3. The van der Waals surface area contributed by atoms with E-state index in [9.17, 15) is 0 Å². The van der Waals surface area contributed by atoms with Crippen molar-refractivity contribution in [3.05, 3.63) is 49.3 Å². The minimum atomic E-state index is 1.39. The van der Waals surface area contributed by atoms with Crippen LogP contribution in [0.25, 0.3) is 0 Å². The van der Waals surface area contributed by atoms with E-state index in [1.165, 1.54) is 11.0 Å². The molecule has 2 heterocycles. The van der Waals surface area contributed by atoms with Crippen LogP contribution in [0.2, 0.25) is 0 Å². The Morgan fingerprint density at radius 2 is 1.67 bits per heavy atom. The van der Waals surface area contributed by atoms with Gasteiger partial charge in [0, 0.05) is 24.8 Å². The molecule has 0 aliphatic heterocycles. The minimum absolute atomic E-state index is 1.39. The highest BCUT2D eigenvalue weighted by Gasteiger charge is 1.69. The lowest BCUT2D eigenvalue weighted by atomic mass is 10.5. The lowest BCUT2D eigenvalue weighted by Gasteiger charge is -1.78. The Balaban J connectivity index is 0.000000120. The maximum atomic E-state index is 5.13. The van der Waals surface area contributed by atoms with E-state index in [0.717, 1.165) is 0 Å². The first kappa shape index (κ1) is 8.26. The van der Waals surface area contributed by atoms with Gasteiger partial charge in [-0.2, -0.15) is 0 Å². The SMILES string of the molecule is Nn1ccnc1.c1ccncc1. The van der Waals surface area contributed by atoms with Crippen LogP contribution in [-0.2, 0) is 0 Å². The van der Waals surface area contributed by atoms with Crippen molar-refractivity contribution in [3.8, 4) is 0 Å². The number of nitrogens with zero attached hydrogens (tertiary/aromatic N) is 3. The molecule has 2 rings (SSSR count). The molecule has 0 radical (unpaired) electrons. The summed E-state index contributed by atoms with van der Waals surface area (Å²) in [7, 11) is 0. The molecule has 62 valence electrons. The van der Waals surface area contributed by atoms with Gasteiger partial charge in [-0.1, -0.05) is 6.07 Å². The van der Waals surface area contributed by atoms with Crippen LogP contribution in [0.5, 0.6) is 0 Å². The van der Waals surface area contributed by atoms with Crippen molar-refractivity contribution >= 4 is 0 Å². The highest BCUT2D eigenvalue weighted by Crippen LogP contribution is 1.73. The first-order valence-corrected chi connectivity index (χ1v) is 3.47. The summed E-state index contributed by atoms with van der Waals surface area (Å²) in [6.07, 6.45) is 8.32. The first-order chi connectivity index (χ1) is 5.89. The molecule has 4 heteroatoms. The minimum Gasteiger partial charge on any atom is -0.338 e. The molecule has 0 unspecified atom stereocenters. The van der Waals surface area contributed by atoms with Gasteiger partial charge >= 0.3 is 0 Å². The Labute approximate surface area is 70.7 Å². The van der Waals surface area contributed by atoms with Crippen LogP contribution in [-0.4, -0.2) is 14.6 Å². The number of pyridine rings is 1. The third kappa shape index (κ3) is 3.36. The highest BCUT2D eigenvalue weighted by molar-refractivity contribution is 4.88. The predicted molar refractivity (Wildman–Crippen MR) is 46.6 cm³/mol. The van der Waals surface area contributed by atoms with E-state index in [-0.39, 0.29) is 0 Å². The molecule has 0 aromatic carbocycles. The van der Waals surface area contributed by atoms with E-state index in [4.69, 9.17) is 5.84 Å². The smallest absolute Gasteiger partial charge is 0.114 e. The molecule has 4 nitrogen and oxygen atoms in total. The number of aromatic nitrogens is 3. The standard InChI is InChI=1S/C5H5N.C3H5N3/c1-2-4-6-5-3-1;4-6-2-1-5-3-6/h1-5H;1-3H,4H2. The molecule has 12 heavy (non-hydrogen) atoms. The fourth-order valence-corrected chi connectivity index (χ4v) is 0.582. The molecule has 0 bridgehead atoms. The van der Waals surface area contributed by atoms with E-state index in [1.54, 1.807) is 24.8 Å². The van der Waals surface area contributed by atoms with Crippen molar-refractivity contribution in [2.24, 2.45) is 0 Å². The van der Waals surface area contributed by atoms with Crippen molar-refractivity contribution in [2.45, 2.75) is 0 Å². The van der Waals surface area contributed by atoms with Crippen LogP contribution < -0.4 is 5.84 Å². The largest absolute Gasteiger partial charge is 0.338 e. The van der Waals surface area contributed by atoms with E-state index < -0.39 is 0 Å². The van der Waals surface area contributed by atoms with Crippen LogP contribution in [0.1, 0.15) is 0 Å². The number of rotatable bonds is 0. The Kier molecular flexibility index (Phi) is 3.37. The van der Waals surface area contributed by atoms with E-state index in [0.29, 0.717) is 0 Å². The molecule has 0 atom stereocenters. The zero-order chi connectivity index (χ0) is 8.65. The molecule has 2 aromatic rings. The zero-order valence-corrected chi connectivity index (χ0v) is 6.54. The molecular weight excluding hydrogens is 152 g/mol. The maximum absolute atomic E-state index is 5.13. The van der Waals surface area contributed by atoms with Gasteiger partial charge in [0.15, 0.2) is 0 Å². The van der Waals surface area contributed by atoms with Crippen LogP contribution in [0.4, 0.5) is 0 Å². The molecule has 0 aliphatic carbocycles. The molecule has 0 aliphatic rings. The van der Waals surface area contributed by atoms with Gasteiger partial charge in [-0.05, 0) is 12.1 Å². The number of imidazole rings is 1. The van der Waals surface area contributed by atoms with Gasteiger partial charge < -0.3 is 5.84 Å². The second kappa shape index (κ2) is 4.90. The second-order valence-corrected chi connectivity index (χ2v) is 2.03. The lowest BCUT2D eigenvalue weighted by molar-refractivity contribution is 1.00. The molecule has 0 saturated heterocycles. The van der Waals surface area contributed by atoms with Gasteiger partial charge in [0.1, 0.15) is 6.33 Å².